The number of ether oxygens (including phenoxy) is 1. The summed E-state index contributed by atoms with van der Waals surface area (Å²) in [6, 6.07) is 0. The van der Waals surface area contributed by atoms with E-state index < -0.39 is 0 Å². The topological polar surface area (TPSA) is 21.3 Å². The molecule has 2 saturated heterocycles. The molecule has 0 bridgehead atoms. The molecule has 76 valence electrons. The summed E-state index contributed by atoms with van der Waals surface area (Å²) in [5.41, 5.74) is 0.488. The molecule has 2 rings (SSSR count). The lowest BCUT2D eigenvalue weighted by molar-refractivity contribution is -0.144. The Morgan fingerprint density at radius 1 is 1.31 bits per heavy atom. The Kier molecular flexibility index (Phi) is 2.61. The van der Waals surface area contributed by atoms with Crippen LogP contribution in [-0.4, -0.2) is 26.3 Å². The van der Waals surface area contributed by atoms with Crippen LogP contribution >= 0.6 is 0 Å². The minimum Gasteiger partial charge on any atom is -0.380 e. The van der Waals surface area contributed by atoms with Crippen LogP contribution in [0.3, 0.4) is 0 Å². The molecule has 0 radical (unpaired) electrons. The van der Waals surface area contributed by atoms with Gasteiger partial charge in [-0.25, -0.2) is 0 Å². The van der Waals surface area contributed by atoms with E-state index in [4.69, 9.17) is 4.74 Å². The molecule has 1 unspecified atom stereocenters. The first kappa shape index (κ1) is 9.47. The molecule has 1 N–H and O–H groups in total. The van der Waals surface area contributed by atoms with Crippen LogP contribution in [0.2, 0.25) is 0 Å². The van der Waals surface area contributed by atoms with E-state index in [1.165, 1.54) is 25.9 Å². The predicted molar refractivity (Wildman–Crippen MR) is 53.7 cm³/mol. The van der Waals surface area contributed by atoms with Gasteiger partial charge in [-0.1, -0.05) is 13.8 Å². The summed E-state index contributed by atoms with van der Waals surface area (Å²) in [7, 11) is 0. The average molecular weight is 183 g/mol. The molecule has 0 saturated carbocycles. The number of nitrogens with one attached hydrogen (secondary N) is 1. The van der Waals surface area contributed by atoms with Gasteiger partial charge in [0.2, 0.25) is 0 Å². The molecule has 2 fully saturated rings. The average Bonchev–Trinajstić information content (AvgIpc) is 2.14. The van der Waals surface area contributed by atoms with Crippen LogP contribution in [0.1, 0.15) is 26.7 Å². The van der Waals surface area contributed by atoms with Crippen LogP contribution in [0.25, 0.3) is 0 Å². The summed E-state index contributed by atoms with van der Waals surface area (Å²) in [6.07, 6.45) is 2.72. The molecular weight excluding hydrogens is 162 g/mol. The number of hydrogen-bond acceptors (Lipinski definition) is 2. The molecule has 2 aliphatic heterocycles. The molecule has 0 aromatic heterocycles. The molecule has 0 amide bonds. The third kappa shape index (κ3) is 1.75. The lowest BCUT2D eigenvalue weighted by atomic mass is 9.68. The van der Waals surface area contributed by atoms with Gasteiger partial charge in [0.05, 0.1) is 13.2 Å². The Hall–Kier alpha value is -0.0800. The van der Waals surface area contributed by atoms with Crippen molar-refractivity contribution in [2.45, 2.75) is 26.7 Å². The first-order chi connectivity index (χ1) is 6.22. The van der Waals surface area contributed by atoms with Crippen LogP contribution in [0.5, 0.6) is 0 Å². The fourth-order valence-electron chi connectivity index (χ4n) is 2.60. The van der Waals surface area contributed by atoms with E-state index in [9.17, 15) is 0 Å². The van der Waals surface area contributed by atoms with E-state index in [1.807, 2.05) is 0 Å². The van der Waals surface area contributed by atoms with Crippen molar-refractivity contribution in [1.82, 2.24) is 5.32 Å². The standard InChI is InChI=1S/C11H21NO/c1-9(11(2)7-13-8-11)10-3-5-12-6-4-10/h9-10,12H,3-8H2,1-2H3. The van der Waals surface area contributed by atoms with Gasteiger partial charge in [-0.15, -0.1) is 0 Å². The lowest BCUT2D eigenvalue weighted by Crippen LogP contribution is -2.48. The minimum absolute atomic E-state index is 0.488. The summed E-state index contributed by atoms with van der Waals surface area (Å²) >= 11 is 0. The van der Waals surface area contributed by atoms with Gasteiger partial charge in [0.25, 0.3) is 0 Å². The molecular formula is C11H21NO. The van der Waals surface area contributed by atoms with Crippen molar-refractivity contribution >= 4 is 0 Å². The second kappa shape index (κ2) is 3.58. The van der Waals surface area contributed by atoms with E-state index in [-0.39, 0.29) is 0 Å². The highest BCUT2D eigenvalue weighted by atomic mass is 16.5. The molecule has 2 aliphatic rings. The van der Waals surface area contributed by atoms with Crippen LogP contribution in [0.4, 0.5) is 0 Å². The van der Waals surface area contributed by atoms with E-state index in [2.05, 4.69) is 19.2 Å². The molecule has 1 atom stereocenters. The van der Waals surface area contributed by atoms with Crippen molar-refractivity contribution < 1.29 is 4.74 Å². The van der Waals surface area contributed by atoms with Crippen molar-refractivity contribution in [3.8, 4) is 0 Å². The van der Waals surface area contributed by atoms with Gasteiger partial charge in [-0.3, -0.25) is 0 Å². The Bertz CT molecular complexity index is 171. The first-order valence-corrected chi connectivity index (χ1v) is 5.51. The van der Waals surface area contributed by atoms with Crippen LogP contribution in [-0.2, 0) is 4.74 Å². The third-order valence-corrected chi connectivity index (χ3v) is 4.05. The smallest absolute Gasteiger partial charge is 0.0544 e. The first-order valence-electron chi connectivity index (χ1n) is 5.51. The molecule has 0 spiro atoms. The van der Waals surface area contributed by atoms with Crippen LogP contribution in [0, 0.1) is 17.3 Å². The number of piperidine rings is 1. The van der Waals surface area contributed by atoms with Crippen molar-refractivity contribution in [1.29, 1.82) is 0 Å². The van der Waals surface area contributed by atoms with E-state index in [0.29, 0.717) is 5.41 Å². The largest absolute Gasteiger partial charge is 0.380 e. The van der Waals surface area contributed by atoms with E-state index >= 15 is 0 Å². The number of rotatable bonds is 2. The van der Waals surface area contributed by atoms with Crippen molar-refractivity contribution in [3.63, 3.8) is 0 Å². The highest BCUT2D eigenvalue weighted by molar-refractivity contribution is 4.90. The van der Waals surface area contributed by atoms with Gasteiger partial charge < -0.3 is 10.1 Å². The van der Waals surface area contributed by atoms with E-state index in [0.717, 1.165) is 25.0 Å². The Balaban J connectivity index is 1.90. The Labute approximate surface area is 81.0 Å². The Morgan fingerprint density at radius 2 is 1.92 bits per heavy atom. The number of hydrogen-bond donors (Lipinski definition) is 1. The molecule has 0 aromatic rings. The third-order valence-electron chi connectivity index (χ3n) is 4.05. The minimum atomic E-state index is 0.488. The van der Waals surface area contributed by atoms with Crippen LogP contribution < -0.4 is 5.32 Å². The normalized spacial score (nSPS) is 30.9. The Morgan fingerprint density at radius 3 is 2.38 bits per heavy atom. The van der Waals surface area contributed by atoms with Crippen molar-refractivity contribution in [2.24, 2.45) is 17.3 Å². The van der Waals surface area contributed by atoms with Gasteiger partial charge in [0.15, 0.2) is 0 Å². The summed E-state index contributed by atoms with van der Waals surface area (Å²) in [5.74, 6) is 1.76. The summed E-state index contributed by atoms with van der Waals surface area (Å²) in [4.78, 5) is 0. The summed E-state index contributed by atoms with van der Waals surface area (Å²) < 4.78 is 5.33. The maximum atomic E-state index is 5.33. The fourth-order valence-corrected chi connectivity index (χ4v) is 2.60. The predicted octanol–water partition coefficient (Wildman–Crippen LogP) is 1.66. The molecule has 13 heavy (non-hydrogen) atoms. The molecule has 0 aromatic carbocycles. The maximum absolute atomic E-state index is 5.33. The van der Waals surface area contributed by atoms with Gasteiger partial charge >= 0.3 is 0 Å². The zero-order valence-electron chi connectivity index (χ0n) is 8.81. The highest BCUT2D eigenvalue weighted by Crippen LogP contribution is 2.41. The summed E-state index contributed by atoms with van der Waals surface area (Å²) in [6.45, 7) is 9.19. The maximum Gasteiger partial charge on any atom is 0.0544 e. The lowest BCUT2D eigenvalue weighted by Gasteiger charge is -2.47. The van der Waals surface area contributed by atoms with Gasteiger partial charge in [-0.05, 0) is 37.8 Å². The molecule has 2 nitrogen and oxygen atoms in total. The SMILES string of the molecule is CC(C1CCNCC1)C1(C)COC1. The van der Waals surface area contributed by atoms with E-state index in [1.54, 1.807) is 0 Å². The highest BCUT2D eigenvalue weighted by Gasteiger charge is 2.42. The fraction of sp³-hybridized carbons (Fsp3) is 1.00. The quantitative estimate of drug-likeness (QED) is 0.703. The van der Waals surface area contributed by atoms with Crippen LogP contribution in [0.15, 0.2) is 0 Å². The molecule has 2 heteroatoms. The summed E-state index contributed by atoms with van der Waals surface area (Å²) in [5, 5.41) is 3.43. The van der Waals surface area contributed by atoms with Gasteiger partial charge in [0, 0.05) is 5.41 Å². The molecule has 2 heterocycles. The zero-order valence-corrected chi connectivity index (χ0v) is 8.81. The van der Waals surface area contributed by atoms with Gasteiger partial charge in [-0.2, -0.15) is 0 Å². The van der Waals surface area contributed by atoms with Gasteiger partial charge in [0.1, 0.15) is 0 Å². The van der Waals surface area contributed by atoms with Crippen molar-refractivity contribution in [2.75, 3.05) is 26.3 Å². The second-order valence-electron chi connectivity index (χ2n) is 5.02. The van der Waals surface area contributed by atoms with Crippen molar-refractivity contribution in [3.05, 3.63) is 0 Å². The zero-order chi connectivity index (χ0) is 9.31. The monoisotopic (exact) mass is 183 g/mol. The second-order valence-corrected chi connectivity index (χ2v) is 5.02. The molecule has 0 aliphatic carbocycles.